The topological polar surface area (TPSA) is 63.6 Å². The van der Waals surface area contributed by atoms with Gasteiger partial charge in [0.2, 0.25) is 0 Å². The van der Waals surface area contributed by atoms with Crippen LogP contribution in [0.2, 0.25) is 0 Å². The summed E-state index contributed by atoms with van der Waals surface area (Å²) >= 11 is 3.24. The molecule has 0 amide bonds. The number of rotatable bonds is 3. The Kier molecular flexibility index (Phi) is 3.91. The molecule has 0 saturated heterocycles. The Bertz CT molecular complexity index is 529. The van der Waals surface area contributed by atoms with Crippen molar-refractivity contribution in [1.29, 1.82) is 0 Å². The molecule has 1 rings (SSSR count). The van der Waals surface area contributed by atoms with Crippen LogP contribution >= 0.6 is 15.9 Å². The summed E-state index contributed by atoms with van der Waals surface area (Å²) < 4.78 is 28.9. The van der Waals surface area contributed by atoms with Gasteiger partial charge in [-0.25, -0.2) is 8.42 Å². The van der Waals surface area contributed by atoms with Gasteiger partial charge in [0.25, 0.3) is 0 Å². The predicted molar refractivity (Wildman–Crippen MR) is 69.0 cm³/mol. The molecular weight excluding hydrogens is 308 g/mol. The standard InChI is InChI=1S/C11H15BrO4S/c1-11(2,13)7-5-8(12)10(16-3)9(6-7)17(4,14)15/h5-6,13H,1-4H3. The van der Waals surface area contributed by atoms with Crippen LogP contribution in [0.5, 0.6) is 5.75 Å². The van der Waals surface area contributed by atoms with Gasteiger partial charge >= 0.3 is 0 Å². The second-order valence-corrected chi connectivity index (χ2v) is 7.16. The highest BCUT2D eigenvalue weighted by Crippen LogP contribution is 2.36. The third kappa shape index (κ3) is 3.20. The Morgan fingerprint density at radius 2 is 1.88 bits per heavy atom. The minimum atomic E-state index is -3.42. The Morgan fingerprint density at radius 3 is 2.24 bits per heavy atom. The highest BCUT2D eigenvalue weighted by molar-refractivity contribution is 9.10. The number of sulfone groups is 1. The number of ether oxygens (including phenoxy) is 1. The third-order valence-electron chi connectivity index (χ3n) is 2.32. The van der Waals surface area contributed by atoms with Gasteiger partial charge in [0.15, 0.2) is 15.6 Å². The van der Waals surface area contributed by atoms with Crippen molar-refractivity contribution in [3.63, 3.8) is 0 Å². The molecule has 0 heterocycles. The first kappa shape index (κ1) is 14.5. The van der Waals surface area contributed by atoms with Crippen molar-refractivity contribution >= 4 is 25.8 Å². The van der Waals surface area contributed by atoms with Crippen LogP contribution in [0.25, 0.3) is 0 Å². The molecule has 0 aliphatic carbocycles. The number of hydrogen-bond acceptors (Lipinski definition) is 4. The Balaban J connectivity index is 3.63. The van der Waals surface area contributed by atoms with E-state index in [1.807, 2.05) is 0 Å². The fourth-order valence-electron chi connectivity index (χ4n) is 1.39. The molecular formula is C11H15BrO4S. The molecule has 17 heavy (non-hydrogen) atoms. The lowest BCUT2D eigenvalue weighted by Crippen LogP contribution is -2.16. The fourth-order valence-corrected chi connectivity index (χ4v) is 3.02. The average Bonchev–Trinajstić information content (AvgIpc) is 2.13. The zero-order chi connectivity index (χ0) is 13.4. The normalized spacial score (nSPS) is 12.6. The summed E-state index contributed by atoms with van der Waals surface area (Å²) in [4.78, 5) is 0.0616. The molecule has 0 radical (unpaired) electrons. The SMILES string of the molecule is COc1c(Br)cc(C(C)(C)O)cc1S(C)(=O)=O. The van der Waals surface area contributed by atoms with Crippen LogP contribution in [0.15, 0.2) is 21.5 Å². The highest BCUT2D eigenvalue weighted by Gasteiger charge is 2.24. The number of hydrogen-bond donors (Lipinski definition) is 1. The second-order valence-electron chi connectivity index (χ2n) is 4.32. The molecule has 0 spiro atoms. The van der Waals surface area contributed by atoms with E-state index in [-0.39, 0.29) is 10.6 Å². The summed E-state index contributed by atoms with van der Waals surface area (Å²) in [5, 5.41) is 9.91. The van der Waals surface area contributed by atoms with Crippen LogP contribution < -0.4 is 4.74 Å². The van der Waals surface area contributed by atoms with Gasteiger partial charge < -0.3 is 9.84 Å². The third-order valence-corrected chi connectivity index (χ3v) is 4.01. The van der Waals surface area contributed by atoms with Crippen LogP contribution in [0.3, 0.4) is 0 Å². The molecule has 6 heteroatoms. The van der Waals surface area contributed by atoms with Crippen molar-refractivity contribution < 1.29 is 18.3 Å². The predicted octanol–water partition coefficient (Wildman–Crippen LogP) is 2.09. The van der Waals surface area contributed by atoms with E-state index in [2.05, 4.69) is 15.9 Å². The maximum absolute atomic E-state index is 11.7. The molecule has 0 saturated carbocycles. The molecule has 0 bridgehead atoms. The van der Waals surface area contributed by atoms with E-state index in [0.717, 1.165) is 6.26 Å². The Hall–Kier alpha value is -0.590. The first-order valence-corrected chi connectivity index (χ1v) is 7.56. The maximum Gasteiger partial charge on any atom is 0.179 e. The van der Waals surface area contributed by atoms with Gasteiger partial charge in [0.1, 0.15) is 4.90 Å². The van der Waals surface area contributed by atoms with Crippen LogP contribution in [0.4, 0.5) is 0 Å². The molecule has 0 aliphatic heterocycles. The number of methoxy groups -OCH3 is 1. The summed E-state index contributed by atoms with van der Waals surface area (Å²) in [5.74, 6) is 0.250. The van der Waals surface area contributed by atoms with Crippen LogP contribution in [0.1, 0.15) is 19.4 Å². The van der Waals surface area contributed by atoms with Crippen molar-refractivity contribution in [1.82, 2.24) is 0 Å². The Morgan fingerprint density at radius 1 is 1.35 bits per heavy atom. The van der Waals surface area contributed by atoms with Gasteiger partial charge in [-0.2, -0.15) is 0 Å². The summed E-state index contributed by atoms with van der Waals surface area (Å²) in [5.41, 5.74) is -0.612. The van der Waals surface area contributed by atoms with Crippen molar-refractivity contribution in [3.05, 3.63) is 22.2 Å². The lowest BCUT2D eigenvalue weighted by Gasteiger charge is -2.20. The zero-order valence-corrected chi connectivity index (χ0v) is 12.5. The molecule has 4 nitrogen and oxygen atoms in total. The van der Waals surface area contributed by atoms with E-state index in [9.17, 15) is 13.5 Å². The van der Waals surface area contributed by atoms with Gasteiger partial charge in [-0.15, -0.1) is 0 Å². The number of halogens is 1. The van der Waals surface area contributed by atoms with E-state index in [0.29, 0.717) is 10.0 Å². The maximum atomic E-state index is 11.7. The van der Waals surface area contributed by atoms with Crippen LogP contribution in [-0.2, 0) is 15.4 Å². The van der Waals surface area contributed by atoms with Crippen molar-refractivity contribution in [2.24, 2.45) is 0 Å². The van der Waals surface area contributed by atoms with Crippen molar-refractivity contribution in [3.8, 4) is 5.75 Å². The fraction of sp³-hybridized carbons (Fsp3) is 0.455. The smallest absolute Gasteiger partial charge is 0.179 e. The quantitative estimate of drug-likeness (QED) is 0.925. The summed E-state index contributed by atoms with van der Waals surface area (Å²) in [7, 11) is -2.02. The first-order valence-electron chi connectivity index (χ1n) is 4.88. The van der Waals surface area contributed by atoms with Gasteiger partial charge in [-0.05, 0) is 47.5 Å². The van der Waals surface area contributed by atoms with Gasteiger partial charge in [0, 0.05) is 6.26 Å². The average molecular weight is 323 g/mol. The highest BCUT2D eigenvalue weighted by atomic mass is 79.9. The monoisotopic (exact) mass is 322 g/mol. The minimum Gasteiger partial charge on any atom is -0.494 e. The molecule has 0 aliphatic rings. The van der Waals surface area contributed by atoms with Gasteiger partial charge in [-0.3, -0.25) is 0 Å². The summed E-state index contributed by atoms with van der Waals surface area (Å²) in [6, 6.07) is 3.08. The van der Waals surface area contributed by atoms with Crippen molar-refractivity contribution in [2.75, 3.05) is 13.4 Å². The molecule has 0 aromatic heterocycles. The number of aliphatic hydroxyl groups is 1. The zero-order valence-electron chi connectivity index (χ0n) is 10.1. The van der Waals surface area contributed by atoms with E-state index in [4.69, 9.17) is 4.74 Å². The first-order chi connectivity index (χ1) is 7.57. The molecule has 0 fully saturated rings. The lowest BCUT2D eigenvalue weighted by atomic mass is 9.98. The second kappa shape index (κ2) is 4.59. The van der Waals surface area contributed by atoms with E-state index in [1.54, 1.807) is 19.9 Å². The van der Waals surface area contributed by atoms with Gasteiger partial charge in [0.05, 0.1) is 17.2 Å². The molecule has 96 valence electrons. The summed E-state index contributed by atoms with van der Waals surface area (Å²) in [6.45, 7) is 3.18. The molecule has 1 N–H and O–H groups in total. The van der Waals surface area contributed by atoms with E-state index >= 15 is 0 Å². The number of benzene rings is 1. The van der Waals surface area contributed by atoms with E-state index < -0.39 is 15.4 Å². The minimum absolute atomic E-state index is 0.0616. The summed E-state index contributed by atoms with van der Waals surface area (Å²) in [6.07, 6.45) is 1.10. The van der Waals surface area contributed by atoms with Gasteiger partial charge in [-0.1, -0.05) is 0 Å². The van der Waals surface area contributed by atoms with Crippen LogP contribution in [-0.4, -0.2) is 26.9 Å². The van der Waals surface area contributed by atoms with E-state index in [1.165, 1.54) is 13.2 Å². The van der Waals surface area contributed by atoms with Crippen molar-refractivity contribution in [2.45, 2.75) is 24.3 Å². The lowest BCUT2D eigenvalue weighted by molar-refractivity contribution is 0.0782. The largest absolute Gasteiger partial charge is 0.494 e. The molecule has 1 aromatic carbocycles. The Labute approximate surface area is 110 Å². The van der Waals surface area contributed by atoms with Crippen LogP contribution in [0, 0.1) is 0 Å². The molecule has 1 aromatic rings. The molecule has 0 atom stereocenters. The molecule has 0 unspecified atom stereocenters.